The fourth-order valence-electron chi connectivity index (χ4n) is 1.13. The second kappa shape index (κ2) is 2.45. The van der Waals surface area contributed by atoms with Crippen molar-refractivity contribution < 1.29 is 0 Å². The van der Waals surface area contributed by atoms with Gasteiger partial charge in [-0.1, -0.05) is 0 Å². The SMILES string of the molecule is CC1=CC(C)N(C)C(C)=N1. The molecule has 0 aliphatic carbocycles. The van der Waals surface area contributed by atoms with E-state index >= 15 is 0 Å². The zero-order valence-electron chi connectivity index (χ0n) is 7.05. The zero-order valence-corrected chi connectivity index (χ0v) is 7.05. The molecule has 0 spiro atoms. The third kappa shape index (κ3) is 1.20. The van der Waals surface area contributed by atoms with Crippen LogP contribution >= 0.6 is 0 Å². The Kier molecular flexibility index (Phi) is 1.79. The molecule has 1 atom stereocenters. The molecule has 1 heterocycles. The second-order valence-electron chi connectivity index (χ2n) is 2.82. The summed E-state index contributed by atoms with van der Waals surface area (Å²) in [7, 11) is 2.06. The molecule has 1 aliphatic rings. The van der Waals surface area contributed by atoms with E-state index in [-0.39, 0.29) is 0 Å². The normalized spacial score (nSPS) is 26.0. The van der Waals surface area contributed by atoms with Crippen LogP contribution < -0.4 is 0 Å². The van der Waals surface area contributed by atoms with Crippen LogP contribution in [0, 0.1) is 0 Å². The van der Waals surface area contributed by atoms with Gasteiger partial charge >= 0.3 is 0 Å². The van der Waals surface area contributed by atoms with Crippen molar-refractivity contribution in [2.75, 3.05) is 7.05 Å². The van der Waals surface area contributed by atoms with Crippen molar-refractivity contribution >= 4 is 5.84 Å². The van der Waals surface area contributed by atoms with Crippen LogP contribution in [0.25, 0.3) is 0 Å². The maximum atomic E-state index is 4.32. The van der Waals surface area contributed by atoms with E-state index in [1.807, 2.05) is 13.8 Å². The summed E-state index contributed by atoms with van der Waals surface area (Å²) in [5, 5.41) is 0. The molecular weight excluding hydrogens is 124 g/mol. The van der Waals surface area contributed by atoms with Crippen molar-refractivity contribution in [1.82, 2.24) is 4.90 Å². The summed E-state index contributed by atoms with van der Waals surface area (Å²) in [6, 6.07) is 0.498. The molecule has 1 aliphatic heterocycles. The maximum Gasteiger partial charge on any atom is 0.101 e. The van der Waals surface area contributed by atoms with Gasteiger partial charge in [-0.3, -0.25) is 0 Å². The van der Waals surface area contributed by atoms with Gasteiger partial charge in [0.1, 0.15) is 5.84 Å². The summed E-state index contributed by atoms with van der Waals surface area (Å²) in [5.41, 5.74) is 1.13. The highest BCUT2D eigenvalue weighted by Crippen LogP contribution is 2.10. The van der Waals surface area contributed by atoms with Crippen molar-refractivity contribution in [2.24, 2.45) is 4.99 Å². The molecule has 0 aromatic carbocycles. The van der Waals surface area contributed by atoms with Crippen molar-refractivity contribution in [3.63, 3.8) is 0 Å². The minimum Gasteiger partial charge on any atom is -0.357 e. The number of amidine groups is 1. The monoisotopic (exact) mass is 138 g/mol. The van der Waals surface area contributed by atoms with E-state index in [0.717, 1.165) is 11.5 Å². The minimum atomic E-state index is 0.498. The molecule has 2 nitrogen and oxygen atoms in total. The van der Waals surface area contributed by atoms with Gasteiger partial charge in [0, 0.05) is 18.8 Å². The van der Waals surface area contributed by atoms with E-state index in [1.54, 1.807) is 0 Å². The van der Waals surface area contributed by atoms with Gasteiger partial charge in [-0.15, -0.1) is 0 Å². The Hall–Kier alpha value is -0.790. The molecule has 2 heteroatoms. The molecule has 0 saturated heterocycles. The Labute approximate surface area is 62.3 Å². The summed E-state index contributed by atoms with van der Waals surface area (Å²) < 4.78 is 0. The number of likely N-dealkylation sites (N-methyl/N-ethyl adjacent to an activating group) is 1. The average molecular weight is 138 g/mol. The molecule has 1 unspecified atom stereocenters. The van der Waals surface area contributed by atoms with Crippen LogP contribution in [0.2, 0.25) is 0 Å². The van der Waals surface area contributed by atoms with E-state index in [0.29, 0.717) is 6.04 Å². The van der Waals surface area contributed by atoms with Gasteiger partial charge in [-0.2, -0.15) is 0 Å². The molecule has 1 rings (SSSR count). The Morgan fingerprint density at radius 1 is 1.50 bits per heavy atom. The van der Waals surface area contributed by atoms with Crippen LogP contribution in [0.1, 0.15) is 20.8 Å². The first-order chi connectivity index (χ1) is 4.61. The fraction of sp³-hybridized carbons (Fsp3) is 0.625. The zero-order chi connectivity index (χ0) is 7.72. The largest absolute Gasteiger partial charge is 0.357 e. The second-order valence-corrected chi connectivity index (χ2v) is 2.82. The van der Waals surface area contributed by atoms with Crippen LogP contribution in [0.5, 0.6) is 0 Å². The maximum absolute atomic E-state index is 4.32. The van der Waals surface area contributed by atoms with Gasteiger partial charge in [-0.25, -0.2) is 4.99 Å². The van der Waals surface area contributed by atoms with Gasteiger partial charge in [0.2, 0.25) is 0 Å². The van der Waals surface area contributed by atoms with Gasteiger partial charge in [-0.05, 0) is 26.8 Å². The number of allylic oxidation sites excluding steroid dienone is 1. The summed E-state index contributed by atoms with van der Waals surface area (Å²) in [4.78, 5) is 6.48. The highest BCUT2D eigenvalue weighted by Gasteiger charge is 2.11. The third-order valence-electron chi connectivity index (χ3n) is 1.94. The van der Waals surface area contributed by atoms with Crippen LogP contribution in [-0.2, 0) is 0 Å². The molecule has 0 saturated carbocycles. The highest BCUT2D eigenvalue weighted by atomic mass is 15.2. The van der Waals surface area contributed by atoms with E-state index in [2.05, 4.69) is 29.9 Å². The molecule has 0 N–H and O–H groups in total. The molecule has 10 heavy (non-hydrogen) atoms. The lowest BCUT2D eigenvalue weighted by Gasteiger charge is -2.27. The van der Waals surface area contributed by atoms with Crippen LogP contribution in [0.4, 0.5) is 0 Å². The molecule has 0 amide bonds. The molecule has 0 bridgehead atoms. The van der Waals surface area contributed by atoms with Crippen molar-refractivity contribution in [2.45, 2.75) is 26.8 Å². The quantitative estimate of drug-likeness (QED) is 0.497. The molecule has 0 fully saturated rings. The number of hydrogen-bond acceptors (Lipinski definition) is 2. The summed E-state index contributed by atoms with van der Waals surface area (Å²) in [5.74, 6) is 1.10. The van der Waals surface area contributed by atoms with Gasteiger partial charge in [0.05, 0.1) is 0 Å². The lowest BCUT2D eigenvalue weighted by atomic mass is 10.2. The van der Waals surface area contributed by atoms with Gasteiger partial charge in [0.15, 0.2) is 0 Å². The Morgan fingerprint density at radius 2 is 2.10 bits per heavy atom. The number of aliphatic imine (C=N–C) groups is 1. The minimum absolute atomic E-state index is 0.498. The van der Waals surface area contributed by atoms with Gasteiger partial charge in [0.25, 0.3) is 0 Å². The standard InChI is InChI=1S/C8H14N2/c1-6-5-7(2)10(4)8(3)9-6/h5,7H,1-4H3. The highest BCUT2D eigenvalue weighted by molar-refractivity contribution is 5.81. The summed E-state index contributed by atoms with van der Waals surface area (Å²) in [6.07, 6.45) is 2.16. The van der Waals surface area contributed by atoms with E-state index < -0.39 is 0 Å². The third-order valence-corrected chi connectivity index (χ3v) is 1.94. The average Bonchev–Trinajstić information content (AvgIpc) is 1.82. The first kappa shape index (κ1) is 7.32. The molecular formula is C8H14N2. The van der Waals surface area contributed by atoms with E-state index in [9.17, 15) is 0 Å². The molecule has 0 radical (unpaired) electrons. The lowest BCUT2D eigenvalue weighted by Crippen LogP contribution is -2.34. The van der Waals surface area contributed by atoms with Crippen molar-refractivity contribution in [3.8, 4) is 0 Å². The van der Waals surface area contributed by atoms with Gasteiger partial charge < -0.3 is 4.90 Å². The van der Waals surface area contributed by atoms with E-state index in [4.69, 9.17) is 0 Å². The summed E-state index contributed by atoms with van der Waals surface area (Å²) >= 11 is 0. The van der Waals surface area contributed by atoms with E-state index in [1.165, 1.54) is 0 Å². The molecule has 0 aromatic rings. The predicted octanol–water partition coefficient (Wildman–Crippen LogP) is 1.64. The van der Waals surface area contributed by atoms with Crippen LogP contribution in [0.15, 0.2) is 16.8 Å². The number of hydrogen-bond donors (Lipinski definition) is 0. The lowest BCUT2D eigenvalue weighted by molar-refractivity contribution is 0.440. The van der Waals surface area contributed by atoms with Crippen molar-refractivity contribution in [3.05, 3.63) is 11.8 Å². The molecule has 56 valence electrons. The predicted molar refractivity (Wildman–Crippen MR) is 44.1 cm³/mol. The first-order valence-electron chi connectivity index (χ1n) is 3.58. The smallest absolute Gasteiger partial charge is 0.101 e. The molecule has 0 aromatic heterocycles. The van der Waals surface area contributed by atoms with Crippen LogP contribution in [-0.4, -0.2) is 23.8 Å². The van der Waals surface area contributed by atoms with Crippen LogP contribution in [0.3, 0.4) is 0 Å². The first-order valence-corrected chi connectivity index (χ1v) is 3.58. The number of nitrogens with zero attached hydrogens (tertiary/aromatic N) is 2. The Balaban J connectivity index is 2.85. The topological polar surface area (TPSA) is 15.6 Å². The fourth-order valence-corrected chi connectivity index (χ4v) is 1.13. The van der Waals surface area contributed by atoms with Crippen molar-refractivity contribution in [1.29, 1.82) is 0 Å². The summed E-state index contributed by atoms with van der Waals surface area (Å²) in [6.45, 7) is 6.24. The Bertz CT molecular complexity index is 191. The Morgan fingerprint density at radius 3 is 2.60 bits per heavy atom. The number of rotatable bonds is 0.